The minimum atomic E-state index is -1.06. The third-order valence-electron chi connectivity index (χ3n) is 6.40. The van der Waals surface area contributed by atoms with Gasteiger partial charge < -0.3 is 19.5 Å². The van der Waals surface area contributed by atoms with Crippen LogP contribution in [0.1, 0.15) is 36.4 Å². The molecule has 0 aliphatic carbocycles. The summed E-state index contributed by atoms with van der Waals surface area (Å²) in [5.41, 5.74) is 0.0145. The first-order valence-electron chi connectivity index (χ1n) is 11.1. The number of urea groups is 1. The van der Waals surface area contributed by atoms with Gasteiger partial charge in [-0.05, 0) is 44.4 Å². The number of furan rings is 1. The summed E-state index contributed by atoms with van der Waals surface area (Å²) in [6.45, 7) is 4.63. The highest BCUT2D eigenvalue weighted by atomic mass is 16.3. The number of amides is 5. The Labute approximate surface area is 192 Å². The van der Waals surface area contributed by atoms with Gasteiger partial charge in [0, 0.05) is 26.2 Å². The Morgan fingerprint density at radius 2 is 1.70 bits per heavy atom. The molecule has 5 amide bonds. The molecule has 2 atom stereocenters. The van der Waals surface area contributed by atoms with E-state index in [4.69, 9.17) is 4.42 Å². The molecule has 0 radical (unpaired) electrons. The zero-order valence-electron chi connectivity index (χ0n) is 18.8. The summed E-state index contributed by atoms with van der Waals surface area (Å²) < 4.78 is 5.16. The van der Waals surface area contributed by atoms with Gasteiger partial charge in [0.1, 0.15) is 11.6 Å². The van der Waals surface area contributed by atoms with Crippen LogP contribution in [0.3, 0.4) is 0 Å². The van der Waals surface area contributed by atoms with E-state index in [9.17, 15) is 19.2 Å². The molecule has 1 N–H and O–H groups in total. The van der Waals surface area contributed by atoms with Crippen molar-refractivity contribution in [3.05, 3.63) is 60.1 Å². The Morgan fingerprint density at radius 1 is 1.03 bits per heavy atom. The van der Waals surface area contributed by atoms with E-state index in [1.54, 1.807) is 35.8 Å². The second kappa shape index (κ2) is 9.09. The van der Waals surface area contributed by atoms with Gasteiger partial charge in [-0.25, -0.2) is 9.69 Å². The molecule has 2 fully saturated rings. The maximum Gasteiger partial charge on any atom is 0.325 e. The van der Waals surface area contributed by atoms with Crippen LogP contribution in [0, 0.1) is 0 Å². The highest BCUT2D eigenvalue weighted by Crippen LogP contribution is 2.26. The Morgan fingerprint density at radius 3 is 2.33 bits per heavy atom. The van der Waals surface area contributed by atoms with Crippen molar-refractivity contribution in [3.63, 3.8) is 0 Å². The number of hydrogen-bond acceptors (Lipinski definition) is 5. The SMILES string of the molecule is CC(C(=O)N1CCN(C(=O)c2ccco2)CC1)N1C(=O)NC(C)(CCc2ccccc2)C1=O. The third-order valence-corrected chi connectivity index (χ3v) is 6.40. The lowest BCUT2D eigenvalue weighted by molar-refractivity contribution is -0.143. The number of piperazine rings is 1. The highest BCUT2D eigenvalue weighted by molar-refractivity contribution is 6.09. The fourth-order valence-electron chi connectivity index (χ4n) is 4.33. The van der Waals surface area contributed by atoms with E-state index >= 15 is 0 Å². The molecule has 2 aromatic rings. The topological polar surface area (TPSA) is 103 Å². The van der Waals surface area contributed by atoms with Gasteiger partial charge >= 0.3 is 6.03 Å². The van der Waals surface area contributed by atoms with Crippen LogP contribution < -0.4 is 5.32 Å². The molecule has 0 bridgehead atoms. The quantitative estimate of drug-likeness (QED) is 0.675. The van der Waals surface area contributed by atoms with Crippen LogP contribution in [0.25, 0.3) is 0 Å². The zero-order valence-corrected chi connectivity index (χ0v) is 18.8. The standard InChI is InChI=1S/C24H28N4O5/c1-17(20(29)26-12-14-27(15-13-26)21(30)19-9-6-16-33-19)28-22(31)24(2,25-23(28)32)11-10-18-7-4-3-5-8-18/h3-9,16-17H,10-15H2,1-2H3,(H,25,32). The Balaban J connectivity index is 1.35. The molecule has 0 spiro atoms. The van der Waals surface area contributed by atoms with Crippen molar-refractivity contribution in [2.75, 3.05) is 26.2 Å². The summed E-state index contributed by atoms with van der Waals surface area (Å²) in [5, 5.41) is 2.78. The fourth-order valence-corrected chi connectivity index (χ4v) is 4.33. The Bertz CT molecular complexity index is 1030. The lowest BCUT2D eigenvalue weighted by Gasteiger charge is -2.36. The monoisotopic (exact) mass is 452 g/mol. The second-order valence-corrected chi connectivity index (χ2v) is 8.69. The average molecular weight is 453 g/mol. The first kappa shape index (κ1) is 22.6. The number of carbonyl (C=O) groups is 4. The average Bonchev–Trinajstić information content (AvgIpc) is 3.44. The van der Waals surface area contributed by atoms with E-state index in [2.05, 4.69) is 5.32 Å². The first-order valence-corrected chi connectivity index (χ1v) is 11.1. The number of rotatable bonds is 6. The number of carbonyl (C=O) groups excluding carboxylic acids is 4. The fraction of sp³-hybridized carbons (Fsp3) is 0.417. The normalized spacial score (nSPS) is 21.8. The highest BCUT2D eigenvalue weighted by Gasteiger charge is 2.50. The Hall–Kier alpha value is -3.62. The van der Waals surface area contributed by atoms with Crippen molar-refractivity contribution in [2.24, 2.45) is 0 Å². The van der Waals surface area contributed by atoms with Gasteiger partial charge in [0.15, 0.2) is 5.76 Å². The molecule has 0 saturated carbocycles. The molecule has 4 rings (SSSR count). The van der Waals surface area contributed by atoms with E-state index in [1.165, 1.54) is 6.26 Å². The number of imide groups is 1. The summed E-state index contributed by atoms with van der Waals surface area (Å²) >= 11 is 0. The molecule has 2 aliphatic rings. The van der Waals surface area contributed by atoms with Gasteiger partial charge in [0.05, 0.1) is 6.26 Å². The van der Waals surface area contributed by atoms with Crippen LogP contribution in [-0.2, 0) is 16.0 Å². The van der Waals surface area contributed by atoms with Gasteiger partial charge in [-0.15, -0.1) is 0 Å². The minimum absolute atomic E-state index is 0.219. The predicted molar refractivity (Wildman–Crippen MR) is 119 cm³/mol. The van der Waals surface area contributed by atoms with E-state index in [1.807, 2.05) is 30.3 Å². The van der Waals surface area contributed by atoms with Crippen molar-refractivity contribution in [3.8, 4) is 0 Å². The summed E-state index contributed by atoms with van der Waals surface area (Å²) in [4.78, 5) is 55.6. The molecule has 2 saturated heterocycles. The summed E-state index contributed by atoms with van der Waals surface area (Å²) in [6, 6.07) is 11.5. The Kier molecular flexibility index (Phi) is 6.22. The van der Waals surface area contributed by atoms with E-state index in [-0.39, 0.29) is 17.6 Å². The number of nitrogens with zero attached hydrogens (tertiary/aromatic N) is 3. The van der Waals surface area contributed by atoms with Crippen LogP contribution in [0.4, 0.5) is 4.79 Å². The molecule has 9 heteroatoms. The molecular formula is C24H28N4O5. The predicted octanol–water partition coefficient (Wildman–Crippen LogP) is 1.90. The van der Waals surface area contributed by atoms with E-state index in [0.29, 0.717) is 39.0 Å². The summed E-state index contributed by atoms with van der Waals surface area (Å²) in [7, 11) is 0. The molecule has 1 aromatic carbocycles. The number of aryl methyl sites for hydroxylation is 1. The van der Waals surface area contributed by atoms with Crippen LogP contribution in [0.15, 0.2) is 53.1 Å². The summed E-state index contributed by atoms with van der Waals surface area (Å²) in [6.07, 6.45) is 2.51. The van der Waals surface area contributed by atoms with E-state index < -0.39 is 23.5 Å². The molecule has 174 valence electrons. The largest absolute Gasteiger partial charge is 0.459 e. The van der Waals surface area contributed by atoms with Gasteiger partial charge in [-0.1, -0.05) is 30.3 Å². The lowest BCUT2D eigenvalue weighted by Crippen LogP contribution is -2.56. The van der Waals surface area contributed by atoms with Gasteiger partial charge in [0.25, 0.3) is 11.8 Å². The van der Waals surface area contributed by atoms with Crippen molar-refractivity contribution < 1.29 is 23.6 Å². The first-order chi connectivity index (χ1) is 15.8. The van der Waals surface area contributed by atoms with Crippen molar-refractivity contribution >= 4 is 23.8 Å². The van der Waals surface area contributed by atoms with Crippen LogP contribution in [-0.4, -0.2) is 76.2 Å². The lowest BCUT2D eigenvalue weighted by atomic mass is 9.93. The second-order valence-electron chi connectivity index (χ2n) is 8.69. The smallest absolute Gasteiger partial charge is 0.325 e. The summed E-state index contributed by atoms with van der Waals surface area (Å²) in [5.74, 6) is -0.660. The number of nitrogens with one attached hydrogen (secondary N) is 1. The van der Waals surface area contributed by atoms with Crippen molar-refractivity contribution in [2.45, 2.75) is 38.3 Å². The molecule has 2 aliphatic heterocycles. The van der Waals surface area contributed by atoms with Crippen LogP contribution in [0.2, 0.25) is 0 Å². The molecule has 1 aromatic heterocycles. The van der Waals surface area contributed by atoms with Crippen LogP contribution in [0.5, 0.6) is 0 Å². The van der Waals surface area contributed by atoms with Crippen LogP contribution >= 0.6 is 0 Å². The minimum Gasteiger partial charge on any atom is -0.459 e. The maximum atomic E-state index is 13.2. The molecular weight excluding hydrogens is 424 g/mol. The maximum absolute atomic E-state index is 13.2. The number of hydrogen-bond donors (Lipinski definition) is 1. The molecule has 33 heavy (non-hydrogen) atoms. The molecule has 3 heterocycles. The van der Waals surface area contributed by atoms with Gasteiger partial charge in [0.2, 0.25) is 5.91 Å². The van der Waals surface area contributed by atoms with Crippen molar-refractivity contribution in [1.82, 2.24) is 20.0 Å². The van der Waals surface area contributed by atoms with Gasteiger partial charge in [-0.2, -0.15) is 0 Å². The number of benzene rings is 1. The van der Waals surface area contributed by atoms with Crippen molar-refractivity contribution in [1.29, 1.82) is 0 Å². The molecule has 9 nitrogen and oxygen atoms in total. The van der Waals surface area contributed by atoms with E-state index in [0.717, 1.165) is 10.5 Å². The third kappa shape index (κ3) is 4.48. The zero-order chi connectivity index (χ0) is 23.6. The van der Waals surface area contributed by atoms with Gasteiger partial charge in [-0.3, -0.25) is 14.4 Å². The molecule has 2 unspecified atom stereocenters.